The van der Waals surface area contributed by atoms with Crippen molar-refractivity contribution in [2.24, 2.45) is 0 Å². The summed E-state index contributed by atoms with van der Waals surface area (Å²) in [6, 6.07) is 11.8. The molecule has 1 unspecified atom stereocenters. The van der Waals surface area contributed by atoms with Gasteiger partial charge in [0.1, 0.15) is 0 Å². The first kappa shape index (κ1) is 31.0. The van der Waals surface area contributed by atoms with Crippen LogP contribution in [0.25, 0.3) is 0 Å². The lowest BCUT2D eigenvalue weighted by Crippen LogP contribution is -2.49. The van der Waals surface area contributed by atoms with E-state index in [1.165, 1.54) is 49.1 Å². The Bertz CT molecular complexity index is 1100. The molecular weight excluding hydrogens is 491 g/mol. The molecule has 0 saturated heterocycles. The number of nitrogens with zero attached hydrogens (tertiary/aromatic N) is 1. The van der Waals surface area contributed by atoms with Gasteiger partial charge in [-0.3, -0.25) is 4.79 Å². The zero-order chi connectivity index (χ0) is 28.2. The second-order valence-electron chi connectivity index (χ2n) is 9.81. The lowest BCUT2D eigenvalue weighted by atomic mass is 9.84. The van der Waals surface area contributed by atoms with Gasteiger partial charge in [-0.1, -0.05) is 88.5 Å². The van der Waals surface area contributed by atoms with Crippen molar-refractivity contribution in [3.8, 4) is 11.8 Å². The van der Waals surface area contributed by atoms with E-state index < -0.39 is 29.2 Å². The van der Waals surface area contributed by atoms with Crippen molar-refractivity contribution in [1.29, 1.82) is 0 Å². The van der Waals surface area contributed by atoms with Gasteiger partial charge in [0, 0.05) is 18.5 Å². The van der Waals surface area contributed by atoms with Crippen molar-refractivity contribution in [2.75, 3.05) is 0 Å². The first-order valence-corrected chi connectivity index (χ1v) is 13.3. The quantitative estimate of drug-likeness (QED) is 0.173. The van der Waals surface area contributed by atoms with Crippen LogP contribution in [0, 0.1) is 11.8 Å². The minimum atomic E-state index is -4.49. The molecule has 0 heterocycles. The number of amides is 1. The van der Waals surface area contributed by atoms with E-state index in [2.05, 4.69) is 18.8 Å². The summed E-state index contributed by atoms with van der Waals surface area (Å²) in [6.45, 7) is 5.77. The van der Waals surface area contributed by atoms with Crippen LogP contribution in [0.4, 0.5) is 13.2 Å². The zero-order valence-corrected chi connectivity index (χ0v) is 22.5. The van der Waals surface area contributed by atoms with Gasteiger partial charge in [0.15, 0.2) is 0 Å². The molecule has 0 radical (unpaired) electrons. The third kappa shape index (κ3) is 8.93. The number of carboxylic acid groups (broad SMARTS) is 1. The Morgan fingerprint density at radius 2 is 1.42 bits per heavy atom. The van der Waals surface area contributed by atoms with E-state index in [1.54, 1.807) is 19.1 Å². The molecule has 7 heteroatoms. The average Bonchev–Trinajstić information content (AvgIpc) is 2.88. The predicted octanol–water partition coefficient (Wildman–Crippen LogP) is 7.94. The molecule has 2 aromatic rings. The summed E-state index contributed by atoms with van der Waals surface area (Å²) in [6.07, 6.45) is 4.56. The molecule has 0 bridgehead atoms. The smallest absolute Gasteiger partial charge is 0.416 e. The summed E-state index contributed by atoms with van der Waals surface area (Å²) < 4.78 is 39.3. The Kier molecular flexibility index (Phi) is 11.9. The molecule has 0 aliphatic rings. The lowest BCUT2D eigenvalue weighted by Gasteiger charge is -2.41. The predicted molar refractivity (Wildman–Crippen MR) is 143 cm³/mol. The van der Waals surface area contributed by atoms with Crippen LogP contribution in [0.3, 0.4) is 0 Å². The van der Waals surface area contributed by atoms with Gasteiger partial charge in [-0.2, -0.15) is 13.2 Å². The van der Waals surface area contributed by atoms with E-state index in [1.807, 2.05) is 19.1 Å². The lowest BCUT2D eigenvalue weighted by molar-refractivity contribution is -0.160. The fraction of sp³-hybridized carbons (Fsp3) is 0.484. The molecule has 0 aromatic heterocycles. The number of benzene rings is 2. The average molecular weight is 530 g/mol. The number of alkyl halides is 3. The van der Waals surface area contributed by atoms with Gasteiger partial charge >= 0.3 is 18.1 Å². The molecule has 1 N–H and O–H groups in total. The van der Waals surface area contributed by atoms with Gasteiger partial charge < -0.3 is 10.0 Å². The molecule has 1 atom stereocenters. The summed E-state index contributed by atoms with van der Waals surface area (Å²) in [5, 5.41) is 9.55. The summed E-state index contributed by atoms with van der Waals surface area (Å²) in [5.41, 5.74) is 0.0537. The number of carboxylic acids is 1. The first-order valence-electron chi connectivity index (χ1n) is 13.3. The van der Waals surface area contributed by atoms with Crippen molar-refractivity contribution in [1.82, 2.24) is 4.90 Å². The summed E-state index contributed by atoms with van der Waals surface area (Å²) in [7, 11) is 0. The number of aliphatic carboxylic acids is 1. The highest BCUT2D eigenvalue weighted by Gasteiger charge is 2.39. The van der Waals surface area contributed by atoms with Gasteiger partial charge in [0.25, 0.3) is 0 Å². The van der Waals surface area contributed by atoms with Gasteiger partial charge in [-0.25, -0.2) is 4.79 Å². The number of rotatable bonds is 12. The van der Waals surface area contributed by atoms with Crippen LogP contribution in [-0.2, 0) is 27.8 Å². The maximum atomic E-state index is 13.1. The van der Waals surface area contributed by atoms with Crippen molar-refractivity contribution in [3.05, 3.63) is 70.8 Å². The summed E-state index contributed by atoms with van der Waals surface area (Å²) >= 11 is 0. The van der Waals surface area contributed by atoms with E-state index in [-0.39, 0.29) is 6.54 Å². The van der Waals surface area contributed by atoms with E-state index in [0.717, 1.165) is 30.5 Å². The Hall–Kier alpha value is -3.27. The normalized spacial score (nSPS) is 12.8. The SMILES string of the molecule is CCCCCCCCC#Cc1ccc(CN(C(=O)C(=O)O)C(C)(CCC)c2ccc(C(F)(F)F)cc2)cc1. The zero-order valence-electron chi connectivity index (χ0n) is 22.5. The first-order chi connectivity index (χ1) is 18.0. The van der Waals surface area contributed by atoms with Crippen LogP contribution in [0.15, 0.2) is 48.5 Å². The Labute approximate surface area is 224 Å². The molecule has 2 rings (SSSR count). The van der Waals surface area contributed by atoms with Gasteiger partial charge in [0.05, 0.1) is 11.1 Å². The van der Waals surface area contributed by atoms with E-state index in [4.69, 9.17) is 0 Å². The van der Waals surface area contributed by atoms with Crippen LogP contribution in [-0.4, -0.2) is 21.9 Å². The number of hydrogen-bond acceptors (Lipinski definition) is 2. The maximum Gasteiger partial charge on any atom is 0.416 e. The van der Waals surface area contributed by atoms with Gasteiger partial charge in [-0.05, 0) is 55.2 Å². The third-order valence-electron chi connectivity index (χ3n) is 6.78. The summed E-state index contributed by atoms with van der Waals surface area (Å²) in [4.78, 5) is 25.8. The standard InChI is InChI=1S/C31H38F3NO3/c1-4-6-7-8-9-10-11-12-13-24-14-16-25(17-15-24)23-35(28(36)29(37)38)30(3,22-5-2)26-18-20-27(21-19-26)31(32,33)34/h14-21H,4-11,22-23H2,1-3H3,(H,37,38). The summed E-state index contributed by atoms with van der Waals surface area (Å²) in [5.74, 6) is 3.61. The Balaban J connectivity index is 2.22. The van der Waals surface area contributed by atoms with Crippen LogP contribution in [0.5, 0.6) is 0 Å². The molecule has 38 heavy (non-hydrogen) atoms. The fourth-order valence-corrected chi connectivity index (χ4v) is 4.56. The largest absolute Gasteiger partial charge is 0.474 e. The van der Waals surface area contributed by atoms with Crippen molar-refractivity contribution < 1.29 is 27.9 Å². The molecular formula is C31H38F3NO3. The molecule has 0 saturated carbocycles. The van der Waals surface area contributed by atoms with Crippen LogP contribution < -0.4 is 0 Å². The van der Waals surface area contributed by atoms with E-state index in [9.17, 15) is 27.9 Å². The van der Waals surface area contributed by atoms with Crippen molar-refractivity contribution in [3.63, 3.8) is 0 Å². The van der Waals surface area contributed by atoms with Crippen molar-refractivity contribution >= 4 is 11.9 Å². The van der Waals surface area contributed by atoms with Crippen molar-refractivity contribution in [2.45, 2.75) is 96.8 Å². The van der Waals surface area contributed by atoms with E-state index >= 15 is 0 Å². The number of carbonyl (C=O) groups is 2. The molecule has 206 valence electrons. The van der Waals surface area contributed by atoms with Gasteiger partial charge in [0.2, 0.25) is 0 Å². The topological polar surface area (TPSA) is 57.6 Å². The Morgan fingerprint density at radius 1 is 0.842 bits per heavy atom. The number of halogens is 3. The second-order valence-corrected chi connectivity index (χ2v) is 9.81. The Morgan fingerprint density at radius 3 is 1.97 bits per heavy atom. The van der Waals surface area contributed by atoms with Crippen LogP contribution in [0.1, 0.15) is 101 Å². The number of carbonyl (C=O) groups excluding carboxylic acids is 1. The molecule has 1 amide bonds. The molecule has 0 fully saturated rings. The molecule has 0 aliphatic heterocycles. The highest BCUT2D eigenvalue weighted by molar-refractivity contribution is 6.31. The highest BCUT2D eigenvalue weighted by atomic mass is 19.4. The molecule has 2 aromatic carbocycles. The van der Waals surface area contributed by atoms with E-state index in [0.29, 0.717) is 24.0 Å². The second kappa shape index (κ2) is 14.6. The third-order valence-corrected chi connectivity index (χ3v) is 6.78. The maximum absolute atomic E-state index is 13.1. The number of unbranched alkanes of at least 4 members (excludes halogenated alkanes) is 6. The highest BCUT2D eigenvalue weighted by Crippen LogP contribution is 2.37. The molecule has 0 spiro atoms. The minimum absolute atomic E-state index is 0.00583. The minimum Gasteiger partial charge on any atom is -0.474 e. The fourth-order valence-electron chi connectivity index (χ4n) is 4.56. The monoisotopic (exact) mass is 529 g/mol. The van der Waals surface area contributed by atoms with Crippen LogP contribution >= 0.6 is 0 Å². The van der Waals surface area contributed by atoms with Crippen LogP contribution in [0.2, 0.25) is 0 Å². The number of hydrogen-bond donors (Lipinski definition) is 1. The molecule has 4 nitrogen and oxygen atoms in total. The van der Waals surface area contributed by atoms with Gasteiger partial charge in [-0.15, -0.1) is 0 Å². The molecule has 0 aliphatic carbocycles.